The number of nitrogens with zero attached hydrogens (tertiary/aromatic N) is 1. The fraction of sp³-hybridized carbons (Fsp3) is 0.250. The van der Waals surface area contributed by atoms with Crippen LogP contribution in [0.5, 0.6) is 0 Å². The van der Waals surface area contributed by atoms with Crippen LogP contribution in [0.25, 0.3) is 0 Å². The van der Waals surface area contributed by atoms with E-state index in [1.807, 2.05) is 36.4 Å². The summed E-state index contributed by atoms with van der Waals surface area (Å²) in [5.74, 6) is -0.570. The highest BCUT2D eigenvalue weighted by atomic mass is 35.5. The summed E-state index contributed by atoms with van der Waals surface area (Å²) < 4.78 is 38.5. The third-order valence-corrected chi connectivity index (χ3v) is 7.02. The van der Waals surface area contributed by atoms with Crippen LogP contribution in [0.3, 0.4) is 0 Å². The van der Waals surface area contributed by atoms with E-state index in [1.165, 1.54) is 6.07 Å². The predicted molar refractivity (Wildman–Crippen MR) is 121 cm³/mol. The molecule has 3 atom stereocenters. The number of benzene rings is 2. The molecule has 1 saturated heterocycles. The molecule has 0 aliphatic carbocycles. The summed E-state index contributed by atoms with van der Waals surface area (Å²) in [4.78, 5) is 11.8. The maximum atomic E-state index is 12.8. The smallest absolute Gasteiger partial charge is 0.347 e. The summed E-state index contributed by atoms with van der Waals surface area (Å²) >= 11 is 6.50. The van der Waals surface area contributed by atoms with Crippen molar-refractivity contribution in [3.63, 3.8) is 0 Å². The Morgan fingerprint density at radius 2 is 1.73 bits per heavy atom. The lowest BCUT2D eigenvalue weighted by molar-refractivity contribution is -0.134. The Morgan fingerprint density at radius 3 is 2.30 bits per heavy atom. The molecule has 1 aromatic heterocycles. The maximum Gasteiger partial charge on any atom is 0.425 e. The molecule has 3 unspecified atom stereocenters. The van der Waals surface area contributed by atoms with E-state index in [9.17, 15) is 18.0 Å². The van der Waals surface area contributed by atoms with E-state index < -0.39 is 17.0 Å². The van der Waals surface area contributed by atoms with Gasteiger partial charge in [-0.3, -0.25) is 4.79 Å². The molecule has 4 rings (SSSR count). The van der Waals surface area contributed by atoms with Gasteiger partial charge in [-0.05, 0) is 53.9 Å². The minimum Gasteiger partial charge on any atom is -0.347 e. The second-order valence-electron chi connectivity index (χ2n) is 7.85. The Kier molecular flexibility index (Phi) is 6.75. The molecule has 33 heavy (non-hydrogen) atoms. The van der Waals surface area contributed by atoms with E-state index in [0.29, 0.717) is 34.9 Å². The average Bonchev–Trinajstić information content (AvgIpc) is 3.46. The zero-order valence-corrected chi connectivity index (χ0v) is 18.8. The van der Waals surface area contributed by atoms with Gasteiger partial charge >= 0.3 is 6.18 Å². The van der Waals surface area contributed by atoms with Crippen molar-refractivity contribution in [3.8, 4) is 6.07 Å². The summed E-state index contributed by atoms with van der Waals surface area (Å²) in [6, 6.07) is 18.9. The predicted octanol–water partition coefficient (Wildman–Crippen LogP) is 5.58. The topological polar surface area (TPSA) is 64.9 Å². The summed E-state index contributed by atoms with van der Waals surface area (Å²) in [6.07, 6.45) is -3.87. The van der Waals surface area contributed by atoms with E-state index in [1.54, 1.807) is 12.1 Å². The van der Waals surface area contributed by atoms with E-state index in [2.05, 4.69) is 16.7 Å². The van der Waals surface area contributed by atoms with Crippen LogP contribution in [0.2, 0.25) is 5.02 Å². The molecule has 3 aromatic rings. The number of alkyl halides is 3. The van der Waals surface area contributed by atoms with Crippen LogP contribution in [0.1, 0.15) is 43.6 Å². The molecule has 0 saturated carbocycles. The van der Waals surface area contributed by atoms with Crippen molar-refractivity contribution in [1.29, 1.82) is 5.26 Å². The lowest BCUT2D eigenvalue weighted by Gasteiger charge is -2.25. The minimum absolute atomic E-state index is 0.0292. The first kappa shape index (κ1) is 23.3. The molecule has 1 aliphatic heterocycles. The van der Waals surface area contributed by atoms with Crippen molar-refractivity contribution in [2.24, 2.45) is 0 Å². The van der Waals surface area contributed by atoms with E-state index in [0.717, 1.165) is 17.2 Å². The fourth-order valence-electron chi connectivity index (χ4n) is 4.09. The first-order valence-corrected chi connectivity index (χ1v) is 11.4. The van der Waals surface area contributed by atoms with Gasteiger partial charge in [0.1, 0.15) is 4.88 Å². The third-order valence-electron chi connectivity index (χ3n) is 5.64. The highest BCUT2D eigenvalue weighted by Gasteiger charge is 2.35. The molecule has 4 nitrogen and oxygen atoms in total. The quantitative estimate of drug-likeness (QED) is 0.491. The molecular formula is C24H19ClF3N3OS. The van der Waals surface area contributed by atoms with Gasteiger partial charge in [-0.1, -0.05) is 35.9 Å². The van der Waals surface area contributed by atoms with Crippen molar-refractivity contribution in [3.05, 3.63) is 92.1 Å². The Labute approximate surface area is 198 Å². The van der Waals surface area contributed by atoms with Gasteiger partial charge in [-0.15, -0.1) is 11.3 Å². The monoisotopic (exact) mass is 489 g/mol. The molecule has 0 bridgehead atoms. The lowest BCUT2D eigenvalue weighted by Crippen LogP contribution is -2.35. The summed E-state index contributed by atoms with van der Waals surface area (Å²) in [6.45, 7) is 0.494. The molecule has 1 aliphatic rings. The molecule has 0 spiro atoms. The van der Waals surface area contributed by atoms with E-state index in [4.69, 9.17) is 16.9 Å². The largest absolute Gasteiger partial charge is 0.425 e. The molecule has 9 heteroatoms. The van der Waals surface area contributed by atoms with Gasteiger partial charge in [0.2, 0.25) is 0 Å². The molecule has 2 aromatic carbocycles. The van der Waals surface area contributed by atoms with E-state index >= 15 is 0 Å². The van der Waals surface area contributed by atoms with Gasteiger partial charge in [-0.25, -0.2) is 0 Å². The number of halogens is 4. The van der Waals surface area contributed by atoms with Crippen molar-refractivity contribution >= 4 is 28.8 Å². The van der Waals surface area contributed by atoms with Gasteiger partial charge in [0.05, 0.1) is 16.5 Å². The zero-order valence-electron chi connectivity index (χ0n) is 17.2. The normalized spacial score (nSPS) is 19.1. The molecule has 2 heterocycles. The molecule has 2 N–H and O–H groups in total. The Hall–Kier alpha value is -2.86. The Balaban J connectivity index is 1.51. The number of amides is 1. The molecule has 1 amide bonds. The third kappa shape index (κ3) is 5.38. The second kappa shape index (κ2) is 9.56. The highest BCUT2D eigenvalue weighted by Crippen LogP contribution is 2.35. The van der Waals surface area contributed by atoms with Gasteiger partial charge in [0, 0.05) is 29.6 Å². The van der Waals surface area contributed by atoms with Crippen LogP contribution in [0.4, 0.5) is 13.2 Å². The number of hydrogen-bond donors (Lipinski definition) is 2. The number of rotatable bonds is 5. The molecular weight excluding hydrogens is 471 g/mol. The second-order valence-corrected chi connectivity index (χ2v) is 9.37. The number of nitrogens with one attached hydrogen (secondary N) is 2. The van der Waals surface area contributed by atoms with Crippen LogP contribution in [-0.2, 0) is 6.18 Å². The van der Waals surface area contributed by atoms with Crippen molar-refractivity contribution in [2.45, 2.75) is 30.6 Å². The van der Waals surface area contributed by atoms with Crippen LogP contribution in [0.15, 0.2) is 60.7 Å². The minimum atomic E-state index is -4.46. The van der Waals surface area contributed by atoms with Crippen LogP contribution >= 0.6 is 22.9 Å². The van der Waals surface area contributed by atoms with Crippen molar-refractivity contribution in [1.82, 2.24) is 10.6 Å². The van der Waals surface area contributed by atoms with Crippen LogP contribution < -0.4 is 10.6 Å². The van der Waals surface area contributed by atoms with Crippen molar-refractivity contribution < 1.29 is 18.0 Å². The molecule has 170 valence electrons. The number of carbonyl (C=O) groups excluding carboxylic acids is 1. The number of carbonyl (C=O) groups is 1. The highest BCUT2D eigenvalue weighted by molar-refractivity contribution is 7.14. The van der Waals surface area contributed by atoms with Crippen molar-refractivity contribution in [2.75, 3.05) is 6.54 Å². The first-order chi connectivity index (χ1) is 15.7. The first-order valence-electron chi connectivity index (χ1n) is 10.2. The molecule has 1 fully saturated rings. The Bertz CT molecular complexity index is 1170. The lowest BCUT2D eigenvalue weighted by atomic mass is 9.83. The number of hydrogen-bond acceptors (Lipinski definition) is 4. The van der Waals surface area contributed by atoms with Gasteiger partial charge in [-0.2, -0.15) is 18.4 Å². The summed E-state index contributed by atoms with van der Waals surface area (Å²) in [5.41, 5.74) is 2.60. The van der Waals surface area contributed by atoms with Crippen LogP contribution in [0, 0.1) is 11.3 Å². The Morgan fingerprint density at radius 1 is 1.09 bits per heavy atom. The number of nitriles is 1. The van der Waals surface area contributed by atoms with E-state index in [-0.39, 0.29) is 22.9 Å². The zero-order chi connectivity index (χ0) is 23.6. The van der Waals surface area contributed by atoms with Gasteiger partial charge in [0.25, 0.3) is 5.91 Å². The van der Waals surface area contributed by atoms with Gasteiger partial charge < -0.3 is 10.6 Å². The maximum absolute atomic E-state index is 12.8. The fourth-order valence-corrected chi connectivity index (χ4v) is 4.99. The number of thiophene rings is 1. The average molecular weight is 490 g/mol. The summed E-state index contributed by atoms with van der Waals surface area (Å²) in [5, 5.41) is 16.0. The standard InChI is InChI=1S/C24H19ClF3N3OS/c25-17-7-5-16(6-8-17)22(15-3-1-14(12-29)2-4-15)19-11-18(13-30-19)31-23(32)20-9-10-21(33-20)24(26,27)28/h1-10,18-19,22,30H,11,13H2,(H,31,32). The molecule has 0 radical (unpaired) electrons. The van der Waals surface area contributed by atoms with Crippen LogP contribution in [-0.4, -0.2) is 24.5 Å². The summed E-state index contributed by atoms with van der Waals surface area (Å²) in [7, 11) is 0. The van der Waals surface area contributed by atoms with Gasteiger partial charge in [0.15, 0.2) is 0 Å². The SMILES string of the molecule is N#Cc1ccc(C(c2ccc(Cl)cc2)C2CC(NC(=O)c3ccc(C(F)(F)F)s3)CN2)cc1.